The van der Waals surface area contributed by atoms with Crippen molar-refractivity contribution in [3.63, 3.8) is 0 Å². The molecule has 0 aliphatic carbocycles. The van der Waals surface area contributed by atoms with E-state index >= 15 is 0 Å². The van der Waals surface area contributed by atoms with Gasteiger partial charge in [0.2, 0.25) is 5.89 Å². The normalized spacial score (nSPS) is 16.1. The second-order valence-electron chi connectivity index (χ2n) is 6.65. The molecule has 0 atom stereocenters. The van der Waals surface area contributed by atoms with Gasteiger partial charge in [-0.25, -0.2) is 4.68 Å². The topological polar surface area (TPSA) is 63.5 Å². The lowest BCUT2D eigenvalue weighted by Crippen LogP contribution is -2.46. The van der Waals surface area contributed by atoms with Crippen LogP contribution in [0.15, 0.2) is 43.7 Å². The third-order valence-electron chi connectivity index (χ3n) is 4.53. The first-order valence-electron chi connectivity index (χ1n) is 8.77. The first-order valence-corrected chi connectivity index (χ1v) is 9.98. The zero-order valence-electron chi connectivity index (χ0n) is 15.0. The molecule has 0 N–H and O–H groups in total. The zero-order valence-corrected chi connectivity index (χ0v) is 17.4. The second kappa shape index (κ2) is 8.05. The molecule has 0 unspecified atom stereocenters. The summed E-state index contributed by atoms with van der Waals surface area (Å²) in [6.45, 7) is 7.17. The van der Waals surface area contributed by atoms with E-state index in [1.807, 2.05) is 37.3 Å². The Kier molecular flexibility index (Phi) is 5.53. The summed E-state index contributed by atoms with van der Waals surface area (Å²) in [5.74, 6) is 1.46. The molecule has 1 aliphatic rings. The third kappa shape index (κ3) is 4.55. The Morgan fingerprint density at radius 1 is 1.15 bits per heavy atom. The molecule has 4 rings (SSSR count). The van der Waals surface area contributed by atoms with Gasteiger partial charge >= 0.3 is 0 Å². The lowest BCUT2D eigenvalue weighted by Gasteiger charge is -2.33. The minimum atomic E-state index is 0.393. The van der Waals surface area contributed by atoms with E-state index in [0.29, 0.717) is 17.4 Å². The predicted molar refractivity (Wildman–Crippen MR) is 107 cm³/mol. The summed E-state index contributed by atoms with van der Waals surface area (Å²) in [7, 11) is 0. The van der Waals surface area contributed by atoms with Crippen LogP contribution in [-0.2, 0) is 13.2 Å². The Morgan fingerprint density at radius 2 is 1.93 bits per heavy atom. The molecule has 7 nitrogen and oxygen atoms in total. The molecule has 2 aromatic heterocycles. The highest BCUT2D eigenvalue weighted by Gasteiger charge is 2.20. The SMILES string of the molecule is Cc1cc(CN2CCN(Cn3nc(-c4cccc(Br)c4)oc3=S)CC2)on1. The number of hydrogen-bond acceptors (Lipinski definition) is 7. The van der Waals surface area contributed by atoms with Crippen molar-refractivity contribution in [1.29, 1.82) is 0 Å². The molecular weight excluding hydrogens is 430 g/mol. The van der Waals surface area contributed by atoms with Crippen molar-refractivity contribution < 1.29 is 8.94 Å². The van der Waals surface area contributed by atoms with Crippen molar-refractivity contribution in [1.82, 2.24) is 24.7 Å². The summed E-state index contributed by atoms with van der Waals surface area (Å²) in [6, 6.07) is 9.83. The van der Waals surface area contributed by atoms with E-state index in [-0.39, 0.29) is 0 Å². The van der Waals surface area contributed by atoms with E-state index in [1.54, 1.807) is 4.68 Å². The summed E-state index contributed by atoms with van der Waals surface area (Å²) in [5.41, 5.74) is 1.83. The summed E-state index contributed by atoms with van der Waals surface area (Å²) in [6.07, 6.45) is 0. The number of hydrogen-bond donors (Lipinski definition) is 0. The molecule has 0 bridgehead atoms. The summed E-state index contributed by atoms with van der Waals surface area (Å²) >= 11 is 8.82. The largest absolute Gasteiger partial charge is 0.409 e. The van der Waals surface area contributed by atoms with E-state index in [2.05, 4.69) is 36.0 Å². The number of aromatic nitrogens is 3. The molecule has 3 heterocycles. The van der Waals surface area contributed by atoms with Crippen LogP contribution in [0.1, 0.15) is 11.5 Å². The summed E-state index contributed by atoms with van der Waals surface area (Å²) in [5, 5.41) is 8.50. The molecule has 0 radical (unpaired) electrons. The van der Waals surface area contributed by atoms with Crippen LogP contribution >= 0.6 is 28.1 Å². The molecule has 27 heavy (non-hydrogen) atoms. The molecule has 0 spiro atoms. The summed E-state index contributed by atoms with van der Waals surface area (Å²) in [4.78, 5) is 5.08. The van der Waals surface area contributed by atoms with Crippen molar-refractivity contribution in [2.24, 2.45) is 0 Å². The van der Waals surface area contributed by atoms with Crippen molar-refractivity contribution in [2.45, 2.75) is 20.1 Å². The Labute approximate surface area is 170 Å². The number of benzene rings is 1. The molecule has 1 aromatic carbocycles. The Balaban J connectivity index is 1.36. The van der Waals surface area contributed by atoms with Crippen LogP contribution in [0.3, 0.4) is 0 Å². The quantitative estimate of drug-likeness (QED) is 0.550. The van der Waals surface area contributed by atoms with E-state index in [9.17, 15) is 0 Å². The molecular formula is C18H20BrN5O2S. The van der Waals surface area contributed by atoms with Crippen LogP contribution in [0.2, 0.25) is 0 Å². The Morgan fingerprint density at radius 3 is 2.63 bits per heavy atom. The van der Waals surface area contributed by atoms with E-state index in [4.69, 9.17) is 21.2 Å². The fourth-order valence-electron chi connectivity index (χ4n) is 3.12. The van der Waals surface area contributed by atoms with E-state index in [1.165, 1.54) is 0 Å². The number of rotatable bonds is 5. The van der Waals surface area contributed by atoms with Gasteiger partial charge in [-0.3, -0.25) is 9.80 Å². The van der Waals surface area contributed by atoms with Crippen molar-refractivity contribution >= 4 is 28.1 Å². The van der Waals surface area contributed by atoms with E-state index in [0.717, 1.165) is 54.2 Å². The fourth-order valence-corrected chi connectivity index (χ4v) is 3.70. The van der Waals surface area contributed by atoms with Gasteiger partial charge in [0, 0.05) is 42.3 Å². The number of halogens is 1. The average Bonchev–Trinajstić information content (AvgIpc) is 3.22. The molecule has 3 aromatic rings. The number of piperazine rings is 1. The van der Waals surface area contributed by atoms with Gasteiger partial charge in [-0.2, -0.15) is 0 Å². The van der Waals surface area contributed by atoms with Gasteiger partial charge in [0.05, 0.1) is 18.9 Å². The first kappa shape index (κ1) is 18.5. The van der Waals surface area contributed by atoms with Crippen LogP contribution in [0, 0.1) is 11.8 Å². The molecule has 1 saturated heterocycles. The molecule has 142 valence electrons. The Hall–Kier alpha value is -1.81. The second-order valence-corrected chi connectivity index (χ2v) is 7.92. The van der Waals surface area contributed by atoms with Crippen LogP contribution in [-0.4, -0.2) is 50.9 Å². The minimum absolute atomic E-state index is 0.393. The van der Waals surface area contributed by atoms with Crippen LogP contribution < -0.4 is 0 Å². The van der Waals surface area contributed by atoms with E-state index < -0.39 is 0 Å². The zero-order chi connectivity index (χ0) is 18.8. The van der Waals surface area contributed by atoms with Gasteiger partial charge in [-0.15, -0.1) is 5.10 Å². The van der Waals surface area contributed by atoms with Crippen LogP contribution in [0.4, 0.5) is 0 Å². The van der Waals surface area contributed by atoms with Crippen molar-refractivity contribution in [2.75, 3.05) is 26.2 Å². The molecule has 1 fully saturated rings. The molecule has 1 aliphatic heterocycles. The maximum absolute atomic E-state index is 5.69. The molecule has 0 amide bonds. The van der Waals surface area contributed by atoms with Gasteiger partial charge in [0.15, 0.2) is 5.76 Å². The lowest BCUT2D eigenvalue weighted by molar-refractivity contribution is 0.0914. The first-order chi connectivity index (χ1) is 13.1. The predicted octanol–water partition coefficient (Wildman–Crippen LogP) is 3.71. The smallest absolute Gasteiger partial charge is 0.288 e. The van der Waals surface area contributed by atoms with Gasteiger partial charge < -0.3 is 8.94 Å². The fraction of sp³-hybridized carbons (Fsp3) is 0.389. The summed E-state index contributed by atoms with van der Waals surface area (Å²) < 4.78 is 13.7. The highest BCUT2D eigenvalue weighted by atomic mass is 79.9. The molecule has 0 saturated carbocycles. The lowest BCUT2D eigenvalue weighted by atomic mass is 10.2. The van der Waals surface area contributed by atoms with Gasteiger partial charge in [-0.1, -0.05) is 27.2 Å². The highest BCUT2D eigenvalue weighted by Crippen LogP contribution is 2.22. The molecule has 9 heteroatoms. The number of aryl methyl sites for hydroxylation is 1. The monoisotopic (exact) mass is 449 g/mol. The van der Waals surface area contributed by atoms with Gasteiger partial charge in [-0.05, 0) is 37.3 Å². The standard InChI is InChI=1S/C18H20BrN5O2S/c1-13-9-16(26-21-13)11-22-5-7-23(8-6-22)12-24-18(27)25-17(20-24)14-3-2-4-15(19)10-14/h2-4,9-10H,5-8,11-12H2,1H3. The maximum Gasteiger partial charge on any atom is 0.288 e. The van der Waals surface area contributed by atoms with Crippen LogP contribution in [0.5, 0.6) is 0 Å². The number of nitrogens with zero attached hydrogens (tertiary/aromatic N) is 5. The van der Waals surface area contributed by atoms with Crippen LogP contribution in [0.25, 0.3) is 11.5 Å². The average molecular weight is 450 g/mol. The van der Waals surface area contributed by atoms with Crippen molar-refractivity contribution in [3.05, 3.63) is 51.1 Å². The Bertz CT molecular complexity index is 974. The van der Waals surface area contributed by atoms with Crippen molar-refractivity contribution in [3.8, 4) is 11.5 Å². The maximum atomic E-state index is 5.69. The van der Waals surface area contributed by atoms with Gasteiger partial charge in [0.25, 0.3) is 4.84 Å². The third-order valence-corrected chi connectivity index (χ3v) is 5.32. The minimum Gasteiger partial charge on any atom is -0.409 e. The van der Waals surface area contributed by atoms with Gasteiger partial charge in [0.1, 0.15) is 0 Å². The highest BCUT2D eigenvalue weighted by molar-refractivity contribution is 9.10.